The molecule has 2 atom stereocenters. The van der Waals surface area contributed by atoms with E-state index in [1.807, 2.05) is 6.92 Å². The SMILES string of the molecule is CCC(C#N)N[C@@H](C)c1ccc(C)cc1. The molecule has 15 heavy (non-hydrogen) atoms. The molecule has 0 spiro atoms. The van der Waals surface area contributed by atoms with E-state index in [4.69, 9.17) is 5.26 Å². The van der Waals surface area contributed by atoms with Gasteiger partial charge in [-0.05, 0) is 25.8 Å². The Kier molecular flexibility index (Phi) is 4.33. The summed E-state index contributed by atoms with van der Waals surface area (Å²) in [5.41, 5.74) is 2.49. The molecule has 2 heteroatoms. The lowest BCUT2D eigenvalue weighted by Crippen LogP contribution is -2.29. The molecule has 1 rings (SSSR count). The molecule has 0 aliphatic carbocycles. The quantitative estimate of drug-likeness (QED) is 0.814. The average Bonchev–Trinajstić information content (AvgIpc) is 2.26. The van der Waals surface area contributed by atoms with E-state index in [0.29, 0.717) is 0 Å². The minimum absolute atomic E-state index is 0.0543. The third-order valence-electron chi connectivity index (χ3n) is 2.59. The second-order valence-corrected chi connectivity index (χ2v) is 3.89. The van der Waals surface area contributed by atoms with Crippen LogP contribution in [-0.2, 0) is 0 Å². The van der Waals surface area contributed by atoms with Gasteiger partial charge in [0.05, 0.1) is 12.1 Å². The summed E-state index contributed by atoms with van der Waals surface area (Å²) in [4.78, 5) is 0. The fourth-order valence-electron chi connectivity index (χ4n) is 1.50. The van der Waals surface area contributed by atoms with Gasteiger partial charge in [-0.2, -0.15) is 5.26 Å². The average molecular weight is 202 g/mol. The summed E-state index contributed by atoms with van der Waals surface area (Å²) in [6.45, 7) is 6.18. The molecular formula is C13H18N2. The first-order valence-electron chi connectivity index (χ1n) is 5.39. The van der Waals surface area contributed by atoms with Crippen molar-refractivity contribution in [2.75, 3.05) is 0 Å². The van der Waals surface area contributed by atoms with Gasteiger partial charge in [0.2, 0.25) is 0 Å². The molecule has 0 bridgehead atoms. The molecule has 0 saturated carbocycles. The summed E-state index contributed by atoms with van der Waals surface area (Å²) < 4.78 is 0. The van der Waals surface area contributed by atoms with Crippen molar-refractivity contribution in [1.29, 1.82) is 5.26 Å². The Labute approximate surface area is 91.9 Å². The maximum absolute atomic E-state index is 8.85. The van der Waals surface area contributed by atoms with Gasteiger partial charge in [-0.3, -0.25) is 5.32 Å². The van der Waals surface area contributed by atoms with Gasteiger partial charge >= 0.3 is 0 Å². The molecule has 2 nitrogen and oxygen atoms in total. The Bertz CT molecular complexity index is 335. The van der Waals surface area contributed by atoms with Crippen molar-refractivity contribution in [3.63, 3.8) is 0 Å². The van der Waals surface area contributed by atoms with E-state index in [0.717, 1.165) is 6.42 Å². The maximum atomic E-state index is 8.85. The van der Waals surface area contributed by atoms with E-state index >= 15 is 0 Å². The number of nitrogens with one attached hydrogen (secondary N) is 1. The molecule has 0 aliphatic rings. The Morgan fingerprint density at radius 2 is 1.93 bits per heavy atom. The van der Waals surface area contributed by atoms with Crippen LogP contribution in [0, 0.1) is 18.3 Å². The van der Waals surface area contributed by atoms with E-state index in [1.165, 1.54) is 11.1 Å². The van der Waals surface area contributed by atoms with E-state index < -0.39 is 0 Å². The van der Waals surface area contributed by atoms with Crippen LogP contribution in [0.5, 0.6) is 0 Å². The summed E-state index contributed by atoms with van der Waals surface area (Å²) in [6, 6.07) is 10.8. The number of benzene rings is 1. The molecule has 0 fully saturated rings. The minimum atomic E-state index is -0.0543. The third kappa shape index (κ3) is 3.38. The number of hydrogen-bond acceptors (Lipinski definition) is 2. The lowest BCUT2D eigenvalue weighted by atomic mass is 10.1. The first kappa shape index (κ1) is 11.7. The van der Waals surface area contributed by atoms with Crippen molar-refractivity contribution in [2.24, 2.45) is 0 Å². The summed E-state index contributed by atoms with van der Waals surface area (Å²) in [7, 11) is 0. The lowest BCUT2D eigenvalue weighted by molar-refractivity contribution is 0.508. The maximum Gasteiger partial charge on any atom is 0.0954 e. The molecule has 0 aromatic heterocycles. The molecule has 1 aromatic carbocycles. The predicted octanol–water partition coefficient (Wildman–Crippen LogP) is 2.95. The van der Waals surface area contributed by atoms with E-state index in [9.17, 15) is 0 Å². The van der Waals surface area contributed by atoms with Gasteiger partial charge in [0.25, 0.3) is 0 Å². The summed E-state index contributed by atoms with van der Waals surface area (Å²) in [5.74, 6) is 0. The molecule has 80 valence electrons. The molecule has 0 aliphatic heterocycles. The molecule has 1 unspecified atom stereocenters. The Balaban J connectivity index is 2.65. The standard InChI is InChI=1S/C13H18N2/c1-4-13(9-14)15-11(3)12-7-5-10(2)6-8-12/h5-8,11,13,15H,4H2,1-3H3/t11-,13?/m0/s1. The number of aryl methyl sites for hydroxylation is 1. The van der Waals surface area contributed by atoms with Crippen molar-refractivity contribution < 1.29 is 0 Å². The van der Waals surface area contributed by atoms with Gasteiger partial charge in [0, 0.05) is 6.04 Å². The molecular weight excluding hydrogens is 184 g/mol. The normalized spacial score (nSPS) is 14.3. The Hall–Kier alpha value is -1.33. The summed E-state index contributed by atoms with van der Waals surface area (Å²) in [5, 5.41) is 12.1. The zero-order valence-electron chi connectivity index (χ0n) is 9.62. The fraction of sp³-hybridized carbons (Fsp3) is 0.462. The van der Waals surface area contributed by atoms with Crippen LogP contribution in [0.25, 0.3) is 0 Å². The largest absolute Gasteiger partial charge is 0.295 e. The van der Waals surface area contributed by atoms with Crippen molar-refractivity contribution in [1.82, 2.24) is 5.32 Å². The fourth-order valence-corrected chi connectivity index (χ4v) is 1.50. The van der Waals surface area contributed by atoms with E-state index in [2.05, 4.69) is 49.5 Å². The highest BCUT2D eigenvalue weighted by atomic mass is 14.9. The van der Waals surface area contributed by atoms with Gasteiger partial charge in [0.15, 0.2) is 0 Å². The van der Waals surface area contributed by atoms with Crippen molar-refractivity contribution >= 4 is 0 Å². The molecule has 1 aromatic rings. The lowest BCUT2D eigenvalue weighted by Gasteiger charge is -2.17. The van der Waals surface area contributed by atoms with Crippen molar-refractivity contribution in [2.45, 2.75) is 39.3 Å². The third-order valence-corrected chi connectivity index (χ3v) is 2.59. The van der Waals surface area contributed by atoms with Crippen LogP contribution in [0.2, 0.25) is 0 Å². The van der Waals surface area contributed by atoms with Crippen molar-refractivity contribution in [3.05, 3.63) is 35.4 Å². The highest BCUT2D eigenvalue weighted by Crippen LogP contribution is 2.14. The first-order chi connectivity index (χ1) is 7.17. The molecule has 0 radical (unpaired) electrons. The van der Waals surface area contributed by atoms with Crippen LogP contribution in [0.3, 0.4) is 0 Å². The van der Waals surface area contributed by atoms with Gasteiger partial charge in [-0.1, -0.05) is 36.8 Å². The molecule has 1 N–H and O–H groups in total. The second-order valence-electron chi connectivity index (χ2n) is 3.89. The highest BCUT2D eigenvalue weighted by Gasteiger charge is 2.10. The van der Waals surface area contributed by atoms with Crippen LogP contribution >= 0.6 is 0 Å². The molecule has 0 saturated heterocycles. The van der Waals surface area contributed by atoms with E-state index in [1.54, 1.807) is 0 Å². The van der Waals surface area contributed by atoms with Crippen LogP contribution in [0.1, 0.15) is 37.4 Å². The number of hydrogen-bond donors (Lipinski definition) is 1. The Morgan fingerprint density at radius 1 is 1.33 bits per heavy atom. The number of rotatable bonds is 4. The van der Waals surface area contributed by atoms with Gasteiger partial charge < -0.3 is 0 Å². The monoisotopic (exact) mass is 202 g/mol. The van der Waals surface area contributed by atoms with Gasteiger partial charge in [-0.15, -0.1) is 0 Å². The van der Waals surface area contributed by atoms with Gasteiger partial charge in [-0.25, -0.2) is 0 Å². The van der Waals surface area contributed by atoms with Crippen LogP contribution in [0.15, 0.2) is 24.3 Å². The predicted molar refractivity (Wildman–Crippen MR) is 62.4 cm³/mol. The molecule has 0 heterocycles. The Morgan fingerprint density at radius 3 is 2.40 bits per heavy atom. The highest BCUT2D eigenvalue weighted by molar-refractivity contribution is 5.23. The van der Waals surface area contributed by atoms with Crippen molar-refractivity contribution in [3.8, 4) is 6.07 Å². The summed E-state index contributed by atoms with van der Waals surface area (Å²) >= 11 is 0. The topological polar surface area (TPSA) is 35.8 Å². The van der Waals surface area contributed by atoms with Crippen LogP contribution in [-0.4, -0.2) is 6.04 Å². The van der Waals surface area contributed by atoms with E-state index in [-0.39, 0.29) is 12.1 Å². The van der Waals surface area contributed by atoms with Crippen LogP contribution < -0.4 is 5.32 Å². The van der Waals surface area contributed by atoms with Gasteiger partial charge in [0.1, 0.15) is 0 Å². The number of nitriles is 1. The number of nitrogens with zero attached hydrogens (tertiary/aromatic N) is 1. The summed E-state index contributed by atoms with van der Waals surface area (Å²) in [6.07, 6.45) is 0.840. The molecule has 0 amide bonds. The zero-order valence-corrected chi connectivity index (χ0v) is 9.62. The second kappa shape index (κ2) is 5.53. The zero-order chi connectivity index (χ0) is 11.3. The smallest absolute Gasteiger partial charge is 0.0954 e. The first-order valence-corrected chi connectivity index (χ1v) is 5.39. The van der Waals surface area contributed by atoms with Crippen LogP contribution in [0.4, 0.5) is 0 Å². The minimum Gasteiger partial charge on any atom is -0.295 e.